The van der Waals surface area contributed by atoms with E-state index in [4.69, 9.17) is 10.7 Å². The van der Waals surface area contributed by atoms with Crippen LogP contribution in [-0.4, -0.2) is 15.1 Å². The van der Waals surface area contributed by atoms with Gasteiger partial charge < -0.3 is 10.3 Å². The summed E-state index contributed by atoms with van der Waals surface area (Å²) in [5.74, 6) is 1.52. The van der Waals surface area contributed by atoms with Crippen molar-refractivity contribution in [3.63, 3.8) is 0 Å². The van der Waals surface area contributed by atoms with Crippen molar-refractivity contribution in [3.8, 4) is 0 Å². The lowest BCUT2D eigenvalue weighted by Crippen LogP contribution is -2.47. The maximum Gasteiger partial charge on any atom is 0.111 e. The van der Waals surface area contributed by atoms with Gasteiger partial charge in [-0.2, -0.15) is 0 Å². The fourth-order valence-electron chi connectivity index (χ4n) is 2.39. The molecule has 1 aromatic heterocycles. The Hall–Kier alpha value is -1.35. The second kappa shape index (κ2) is 4.73. The number of nitrogens with two attached hydrogens (primary N) is 1. The van der Waals surface area contributed by atoms with Crippen molar-refractivity contribution in [2.24, 2.45) is 18.7 Å². The van der Waals surface area contributed by atoms with E-state index in [1.165, 1.54) is 5.52 Å². The second-order valence-corrected chi connectivity index (χ2v) is 5.49. The third kappa shape index (κ3) is 2.15. The molecule has 2 rings (SSSR count). The van der Waals surface area contributed by atoms with Crippen molar-refractivity contribution >= 4 is 11.0 Å². The number of nitrogens with zero attached hydrogens (tertiary/aromatic N) is 2. The Morgan fingerprint density at radius 3 is 2.56 bits per heavy atom. The summed E-state index contributed by atoms with van der Waals surface area (Å²) >= 11 is 0. The molecule has 0 aliphatic heterocycles. The van der Waals surface area contributed by atoms with Crippen LogP contribution < -0.4 is 5.73 Å². The molecule has 0 fully saturated rings. The van der Waals surface area contributed by atoms with Crippen molar-refractivity contribution in [1.29, 1.82) is 0 Å². The van der Waals surface area contributed by atoms with Crippen molar-refractivity contribution < 1.29 is 0 Å². The van der Waals surface area contributed by atoms with Gasteiger partial charge in [0.2, 0.25) is 0 Å². The zero-order valence-corrected chi connectivity index (χ0v) is 11.8. The molecule has 0 spiro atoms. The van der Waals surface area contributed by atoms with Crippen molar-refractivity contribution in [2.75, 3.05) is 0 Å². The lowest BCUT2D eigenvalue weighted by atomic mass is 9.82. The highest BCUT2D eigenvalue weighted by atomic mass is 15.1. The Morgan fingerprint density at radius 2 is 2.00 bits per heavy atom. The van der Waals surface area contributed by atoms with Gasteiger partial charge in [0.15, 0.2) is 0 Å². The minimum absolute atomic E-state index is 0.171. The summed E-state index contributed by atoms with van der Waals surface area (Å²) in [7, 11) is 2.07. The van der Waals surface area contributed by atoms with E-state index >= 15 is 0 Å². The summed E-state index contributed by atoms with van der Waals surface area (Å²) < 4.78 is 2.16. The minimum Gasteiger partial charge on any atom is -0.331 e. The number of benzene rings is 1. The van der Waals surface area contributed by atoms with Crippen LogP contribution in [0, 0.1) is 5.92 Å². The van der Waals surface area contributed by atoms with Crippen LogP contribution in [0.5, 0.6) is 0 Å². The maximum absolute atomic E-state index is 6.51. The Bertz CT molecular complexity index is 542. The predicted octanol–water partition coefficient (Wildman–Crippen LogP) is 2.88. The summed E-state index contributed by atoms with van der Waals surface area (Å²) in [6.07, 6.45) is 1.79. The zero-order valence-electron chi connectivity index (χ0n) is 11.8. The lowest BCUT2D eigenvalue weighted by Gasteiger charge is -2.32. The number of rotatable bonds is 4. The lowest BCUT2D eigenvalue weighted by molar-refractivity contribution is 0.289. The number of aryl methyl sites for hydroxylation is 1. The summed E-state index contributed by atoms with van der Waals surface area (Å²) in [5.41, 5.74) is 8.57. The predicted molar refractivity (Wildman–Crippen MR) is 76.5 cm³/mol. The van der Waals surface area contributed by atoms with E-state index in [1.54, 1.807) is 0 Å². The smallest absolute Gasteiger partial charge is 0.111 e. The zero-order chi connectivity index (χ0) is 13.3. The average Bonchev–Trinajstić information content (AvgIpc) is 2.66. The molecule has 18 heavy (non-hydrogen) atoms. The molecule has 0 aliphatic carbocycles. The Kier molecular flexibility index (Phi) is 3.44. The first-order chi connectivity index (χ1) is 8.48. The summed E-state index contributed by atoms with van der Waals surface area (Å²) in [5, 5.41) is 0. The van der Waals surface area contributed by atoms with Gasteiger partial charge in [-0.15, -0.1) is 0 Å². The fourth-order valence-corrected chi connectivity index (χ4v) is 2.39. The molecule has 0 saturated carbocycles. The summed E-state index contributed by atoms with van der Waals surface area (Å²) in [6, 6.07) is 8.23. The highest BCUT2D eigenvalue weighted by Gasteiger charge is 2.29. The molecular weight excluding hydrogens is 222 g/mol. The van der Waals surface area contributed by atoms with Crippen LogP contribution >= 0.6 is 0 Å². The molecule has 98 valence electrons. The number of hydrogen-bond donors (Lipinski definition) is 1. The van der Waals surface area contributed by atoms with E-state index in [1.807, 2.05) is 12.1 Å². The van der Waals surface area contributed by atoms with Crippen molar-refractivity contribution in [2.45, 2.75) is 39.2 Å². The van der Waals surface area contributed by atoms with Crippen LogP contribution in [-0.2, 0) is 13.5 Å². The van der Waals surface area contributed by atoms with E-state index < -0.39 is 0 Å². The van der Waals surface area contributed by atoms with E-state index in [2.05, 4.69) is 44.5 Å². The Labute approximate surface area is 109 Å². The molecule has 1 heterocycles. The van der Waals surface area contributed by atoms with E-state index in [0.29, 0.717) is 5.92 Å². The molecule has 2 aromatic rings. The quantitative estimate of drug-likeness (QED) is 0.900. The topological polar surface area (TPSA) is 43.8 Å². The van der Waals surface area contributed by atoms with Gasteiger partial charge in [0.05, 0.1) is 11.0 Å². The molecule has 0 aliphatic rings. The van der Waals surface area contributed by atoms with Gasteiger partial charge in [0.1, 0.15) is 5.82 Å². The summed E-state index contributed by atoms with van der Waals surface area (Å²) in [4.78, 5) is 4.71. The monoisotopic (exact) mass is 245 g/mol. The van der Waals surface area contributed by atoms with Gasteiger partial charge >= 0.3 is 0 Å². The van der Waals surface area contributed by atoms with E-state index in [0.717, 1.165) is 24.2 Å². The largest absolute Gasteiger partial charge is 0.331 e. The normalized spacial score (nSPS) is 15.2. The molecule has 1 atom stereocenters. The first kappa shape index (κ1) is 13.1. The molecule has 0 radical (unpaired) electrons. The molecular formula is C15H23N3. The third-order valence-electron chi connectivity index (χ3n) is 4.18. The van der Waals surface area contributed by atoms with Gasteiger partial charge in [-0.25, -0.2) is 4.98 Å². The van der Waals surface area contributed by atoms with Gasteiger partial charge in [-0.1, -0.05) is 32.9 Å². The standard InChI is InChI=1S/C15H23N3/c1-5-15(16,11(2)3)10-14-17-12-8-6-7-9-13(12)18(14)4/h6-9,11H,5,10,16H2,1-4H3. The number of imidazole rings is 1. The molecule has 1 unspecified atom stereocenters. The van der Waals surface area contributed by atoms with Crippen molar-refractivity contribution in [3.05, 3.63) is 30.1 Å². The molecule has 2 N–H and O–H groups in total. The Balaban J connectivity index is 2.40. The Morgan fingerprint density at radius 1 is 1.33 bits per heavy atom. The van der Waals surface area contributed by atoms with Gasteiger partial charge in [0.25, 0.3) is 0 Å². The van der Waals surface area contributed by atoms with Crippen LogP contribution in [0.15, 0.2) is 24.3 Å². The first-order valence-electron chi connectivity index (χ1n) is 6.67. The van der Waals surface area contributed by atoms with Crippen LogP contribution in [0.1, 0.15) is 33.0 Å². The average molecular weight is 245 g/mol. The van der Waals surface area contributed by atoms with Crippen LogP contribution in [0.3, 0.4) is 0 Å². The van der Waals surface area contributed by atoms with Crippen LogP contribution in [0.2, 0.25) is 0 Å². The van der Waals surface area contributed by atoms with Crippen molar-refractivity contribution in [1.82, 2.24) is 9.55 Å². The maximum atomic E-state index is 6.51. The highest BCUT2D eigenvalue weighted by molar-refractivity contribution is 5.75. The van der Waals surface area contributed by atoms with Crippen LogP contribution in [0.25, 0.3) is 11.0 Å². The molecule has 0 bridgehead atoms. The van der Waals surface area contributed by atoms with Gasteiger partial charge in [-0.05, 0) is 24.5 Å². The fraction of sp³-hybridized carbons (Fsp3) is 0.533. The van der Waals surface area contributed by atoms with E-state index in [-0.39, 0.29) is 5.54 Å². The molecule has 3 heteroatoms. The third-order valence-corrected chi connectivity index (χ3v) is 4.18. The van der Waals surface area contributed by atoms with Crippen LogP contribution in [0.4, 0.5) is 0 Å². The first-order valence-corrected chi connectivity index (χ1v) is 6.67. The summed E-state index contributed by atoms with van der Waals surface area (Å²) in [6.45, 7) is 6.53. The minimum atomic E-state index is -0.171. The number of aromatic nitrogens is 2. The molecule has 3 nitrogen and oxygen atoms in total. The highest BCUT2D eigenvalue weighted by Crippen LogP contribution is 2.24. The molecule has 0 amide bonds. The molecule has 0 saturated heterocycles. The number of para-hydroxylation sites is 2. The van der Waals surface area contributed by atoms with Gasteiger partial charge in [-0.3, -0.25) is 0 Å². The number of hydrogen-bond acceptors (Lipinski definition) is 2. The van der Waals surface area contributed by atoms with Gasteiger partial charge in [0, 0.05) is 19.0 Å². The van der Waals surface area contributed by atoms with E-state index in [9.17, 15) is 0 Å². The number of fused-ring (bicyclic) bond motifs is 1. The second-order valence-electron chi connectivity index (χ2n) is 5.49. The SMILES string of the molecule is CCC(N)(Cc1nc2ccccc2n1C)C(C)C. The molecule has 1 aromatic carbocycles.